The number of carbonyl (C=O) groups is 1. The van der Waals surface area contributed by atoms with Gasteiger partial charge in [0.25, 0.3) is 0 Å². The molecule has 0 fully saturated rings. The van der Waals surface area contributed by atoms with E-state index in [1.807, 2.05) is 73.1 Å². The molecular formula is C34H46BrClN2O2. The fraction of sp³-hybridized carbons (Fsp3) is 0.471. The van der Waals surface area contributed by atoms with Crippen LogP contribution in [0.5, 0.6) is 5.75 Å². The Bertz CT molecular complexity index is 1110. The summed E-state index contributed by atoms with van der Waals surface area (Å²) in [5, 5.41) is 3.62. The zero-order valence-electron chi connectivity index (χ0n) is 24.1. The van der Waals surface area contributed by atoms with Crippen LogP contribution in [0.15, 0.2) is 73.1 Å². The Hall–Kier alpha value is -2.37. The average Bonchev–Trinajstić information content (AvgIpc) is 2.94. The smallest absolute Gasteiger partial charge is 0.228 e. The summed E-state index contributed by atoms with van der Waals surface area (Å²) >= 11 is 6.48. The predicted molar refractivity (Wildman–Crippen MR) is 163 cm³/mol. The highest BCUT2D eigenvalue weighted by atomic mass is 79.9. The predicted octanol–water partition coefficient (Wildman–Crippen LogP) is 5.94. The molecule has 0 spiro atoms. The number of carbonyl (C=O) groups excluding carboxylic acids is 1. The molecule has 4 nitrogen and oxygen atoms in total. The molecule has 40 heavy (non-hydrogen) atoms. The summed E-state index contributed by atoms with van der Waals surface area (Å²) in [5.41, 5.74) is 2.75. The second-order valence-corrected chi connectivity index (χ2v) is 10.8. The number of halogens is 2. The first-order chi connectivity index (χ1) is 19.2. The Kier molecular flexibility index (Phi) is 17.3. The first-order valence-electron chi connectivity index (χ1n) is 14.9. The quantitative estimate of drug-likeness (QED) is 0.132. The van der Waals surface area contributed by atoms with Crippen LogP contribution >= 0.6 is 11.6 Å². The fourth-order valence-corrected chi connectivity index (χ4v) is 5.05. The van der Waals surface area contributed by atoms with Crippen molar-refractivity contribution >= 4 is 23.2 Å². The Labute approximate surface area is 257 Å². The van der Waals surface area contributed by atoms with Gasteiger partial charge in [-0.05, 0) is 30.2 Å². The molecule has 1 aromatic heterocycles. The van der Waals surface area contributed by atoms with E-state index < -0.39 is 0 Å². The molecule has 1 amide bonds. The van der Waals surface area contributed by atoms with Crippen molar-refractivity contribution in [3.05, 3.63) is 89.2 Å². The van der Waals surface area contributed by atoms with E-state index in [1.54, 1.807) is 0 Å². The average molecular weight is 630 g/mol. The maximum absolute atomic E-state index is 12.8. The lowest BCUT2D eigenvalue weighted by molar-refractivity contribution is -0.688. The maximum atomic E-state index is 12.8. The number of pyridine rings is 1. The highest BCUT2D eigenvalue weighted by Gasteiger charge is 2.12. The maximum Gasteiger partial charge on any atom is 0.228 e. The van der Waals surface area contributed by atoms with Crippen molar-refractivity contribution in [2.24, 2.45) is 0 Å². The van der Waals surface area contributed by atoms with Gasteiger partial charge in [0.15, 0.2) is 18.9 Å². The summed E-state index contributed by atoms with van der Waals surface area (Å²) in [6.07, 6.45) is 20.2. The molecule has 0 atom stereocenters. The van der Waals surface area contributed by atoms with Gasteiger partial charge in [-0.15, -0.1) is 0 Å². The minimum atomic E-state index is -0.0678. The fourth-order valence-electron chi connectivity index (χ4n) is 4.79. The van der Waals surface area contributed by atoms with E-state index in [0.29, 0.717) is 23.9 Å². The van der Waals surface area contributed by atoms with Gasteiger partial charge < -0.3 is 27.0 Å². The Morgan fingerprint density at radius 2 is 1.43 bits per heavy atom. The number of amides is 1. The number of hydrogen-bond donors (Lipinski definition) is 1. The molecule has 3 aromatic rings. The Balaban J connectivity index is 0.00000560. The number of unbranched alkanes of at least 4 members (excludes halogenated alkanes) is 11. The number of nitrogens with zero attached hydrogens (tertiary/aromatic N) is 1. The lowest BCUT2D eigenvalue weighted by Crippen LogP contribution is -3.00. The molecule has 1 heterocycles. The van der Waals surface area contributed by atoms with Gasteiger partial charge in [-0.2, -0.15) is 0 Å². The highest BCUT2D eigenvalue weighted by Crippen LogP contribution is 2.26. The van der Waals surface area contributed by atoms with Gasteiger partial charge in [0.1, 0.15) is 5.75 Å². The van der Waals surface area contributed by atoms with Crippen molar-refractivity contribution in [1.82, 2.24) is 0 Å². The lowest BCUT2D eigenvalue weighted by Gasteiger charge is -2.11. The van der Waals surface area contributed by atoms with Gasteiger partial charge in [-0.1, -0.05) is 119 Å². The van der Waals surface area contributed by atoms with E-state index in [4.69, 9.17) is 16.3 Å². The van der Waals surface area contributed by atoms with Crippen molar-refractivity contribution in [3.63, 3.8) is 0 Å². The lowest BCUT2D eigenvalue weighted by atomic mass is 10.1. The molecule has 0 radical (unpaired) electrons. The first-order valence-corrected chi connectivity index (χ1v) is 15.3. The largest absolute Gasteiger partial charge is 1.00 e. The first kappa shape index (κ1) is 33.8. The van der Waals surface area contributed by atoms with E-state index in [0.717, 1.165) is 23.2 Å². The number of anilines is 1. The summed E-state index contributed by atoms with van der Waals surface area (Å²) in [5.74, 6) is 0.621. The molecule has 6 heteroatoms. The molecule has 2 aromatic carbocycles. The molecule has 0 saturated carbocycles. The second kappa shape index (κ2) is 20.5. The molecule has 0 aliphatic rings. The number of para-hydroxylation sites is 1. The zero-order chi connectivity index (χ0) is 27.5. The van der Waals surface area contributed by atoms with E-state index >= 15 is 0 Å². The molecular weight excluding hydrogens is 584 g/mol. The summed E-state index contributed by atoms with van der Waals surface area (Å²) in [6.45, 7) is 3.63. The van der Waals surface area contributed by atoms with Crippen LogP contribution in [-0.4, -0.2) is 12.5 Å². The van der Waals surface area contributed by atoms with Crippen LogP contribution in [0.2, 0.25) is 5.02 Å². The van der Waals surface area contributed by atoms with Gasteiger partial charge in [0.05, 0.1) is 23.7 Å². The topological polar surface area (TPSA) is 42.2 Å². The molecule has 0 bridgehead atoms. The van der Waals surface area contributed by atoms with Gasteiger partial charge in [0, 0.05) is 17.7 Å². The summed E-state index contributed by atoms with van der Waals surface area (Å²) in [4.78, 5) is 12.8. The minimum Gasteiger partial charge on any atom is -1.00 e. The number of aromatic nitrogens is 1. The van der Waals surface area contributed by atoms with Crippen LogP contribution in [0.25, 0.3) is 0 Å². The van der Waals surface area contributed by atoms with E-state index in [1.165, 1.54) is 70.6 Å². The van der Waals surface area contributed by atoms with Crippen LogP contribution in [0.3, 0.4) is 0 Å². The summed E-state index contributed by atoms with van der Waals surface area (Å²) in [7, 11) is 0. The number of ether oxygens (including phenoxy) is 1. The van der Waals surface area contributed by atoms with Crippen molar-refractivity contribution < 1.29 is 31.1 Å². The number of benzene rings is 2. The van der Waals surface area contributed by atoms with Crippen molar-refractivity contribution in [2.45, 2.75) is 96.9 Å². The highest BCUT2D eigenvalue weighted by molar-refractivity contribution is 6.32. The van der Waals surface area contributed by atoms with E-state index in [2.05, 4.69) is 16.8 Å². The number of hydrogen-bond acceptors (Lipinski definition) is 2. The van der Waals surface area contributed by atoms with Crippen molar-refractivity contribution in [3.8, 4) is 5.75 Å². The van der Waals surface area contributed by atoms with E-state index in [-0.39, 0.29) is 29.3 Å². The van der Waals surface area contributed by atoms with Gasteiger partial charge in [-0.25, -0.2) is 4.57 Å². The Morgan fingerprint density at radius 1 is 0.800 bits per heavy atom. The third-order valence-electron chi connectivity index (χ3n) is 7.04. The molecule has 0 aliphatic heterocycles. The van der Waals surface area contributed by atoms with Crippen LogP contribution in [0.4, 0.5) is 5.69 Å². The second-order valence-electron chi connectivity index (χ2n) is 10.4. The number of nitrogens with one attached hydrogen (secondary N) is 1. The SMILES string of the molecule is CCCCCCCCCCCCCCOc1ccc(CC(=O)Nc2ccccc2C[n+]2ccccc2)cc1Cl.[Br-]. The monoisotopic (exact) mass is 628 g/mol. The van der Waals surface area contributed by atoms with Gasteiger partial charge in [-0.3, -0.25) is 4.79 Å². The zero-order valence-corrected chi connectivity index (χ0v) is 26.4. The summed E-state index contributed by atoms with van der Waals surface area (Å²) in [6, 6.07) is 19.5. The van der Waals surface area contributed by atoms with Crippen LogP contribution in [0, 0.1) is 0 Å². The normalized spacial score (nSPS) is 10.7. The standard InChI is InChI=1S/C34H45ClN2O2.BrH/c1-2-3-4-5-6-7-8-9-10-11-12-18-25-39-33-22-21-29(26-31(33)35)27-34(38)36-32-20-15-14-19-30(32)28-37-23-16-13-17-24-37;/h13-17,19-24,26H,2-12,18,25,27-28H2,1H3;1H. The molecule has 3 rings (SSSR count). The van der Waals surface area contributed by atoms with Crippen molar-refractivity contribution in [1.29, 1.82) is 0 Å². The minimum absolute atomic E-state index is 0. The molecule has 0 aliphatic carbocycles. The molecule has 218 valence electrons. The molecule has 1 N–H and O–H groups in total. The molecule has 0 saturated heterocycles. The van der Waals surface area contributed by atoms with Crippen molar-refractivity contribution in [2.75, 3.05) is 11.9 Å². The van der Waals surface area contributed by atoms with Crippen LogP contribution in [-0.2, 0) is 17.8 Å². The van der Waals surface area contributed by atoms with Crippen LogP contribution in [0.1, 0.15) is 95.1 Å². The third kappa shape index (κ3) is 13.3. The summed E-state index contributed by atoms with van der Waals surface area (Å²) < 4.78 is 8.01. The molecule has 0 unspecified atom stereocenters. The van der Waals surface area contributed by atoms with Gasteiger partial charge in [0.2, 0.25) is 5.91 Å². The van der Waals surface area contributed by atoms with Crippen LogP contribution < -0.4 is 31.6 Å². The van der Waals surface area contributed by atoms with E-state index in [9.17, 15) is 4.79 Å². The third-order valence-corrected chi connectivity index (χ3v) is 7.33. The number of rotatable bonds is 19. The Morgan fingerprint density at radius 3 is 2.08 bits per heavy atom. The van der Waals surface area contributed by atoms with Gasteiger partial charge >= 0.3 is 0 Å².